The Morgan fingerprint density at radius 3 is 2.80 bits per heavy atom. The van der Waals surface area contributed by atoms with Gasteiger partial charge in [0, 0.05) is 30.9 Å². The number of aryl methyl sites for hydroxylation is 1. The van der Waals surface area contributed by atoms with Crippen LogP contribution in [-0.4, -0.2) is 25.5 Å². The van der Waals surface area contributed by atoms with Gasteiger partial charge in [-0.05, 0) is 22.0 Å². The number of anilines is 1. The fourth-order valence-electron chi connectivity index (χ4n) is 2.24. The Labute approximate surface area is 156 Å². The van der Waals surface area contributed by atoms with Gasteiger partial charge in [-0.3, -0.25) is 14.2 Å². The first kappa shape index (κ1) is 17.6. The summed E-state index contributed by atoms with van der Waals surface area (Å²) in [6.07, 6.45) is 5.21. The zero-order valence-electron chi connectivity index (χ0n) is 13.0. The third-order valence-electron chi connectivity index (χ3n) is 3.43. The van der Waals surface area contributed by atoms with Crippen molar-refractivity contribution in [2.24, 2.45) is 0 Å². The Hall–Kier alpha value is -2.19. The minimum Gasteiger partial charge on any atom is -0.308 e. The zero-order chi connectivity index (χ0) is 17.8. The minimum absolute atomic E-state index is 0.226. The molecule has 6 nitrogen and oxygen atoms in total. The van der Waals surface area contributed by atoms with Crippen molar-refractivity contribution in [1.29, 1.82) is 0 Å². The van der Waals surface area contributed by atoms with Crippen molar-refractivity contribution in [3.05, 3.63) is 63.7 Å². The van der Waals surface area contributed by atoms with Crippen LogP contribution >= 0.6 is 27.5 Å². The van der Waals surface area contributed by atoms with E-state index in [-0.39, 0.29) is 30.5 Å². The molecule has 0 aliphatic carbocycles. The van der Waals surface area contributed by atoms with Crippen LogP contribution in [0.5, 0.6) is 0 Å². The maximum atomic E-state index is 13.7. The number of amides is 1. The lowest BCUT2D eigenvalue weighted by molar-refractivity contribution is -0.116. The fourth-order valence-corrected chi connectivity index (χ4v) is 2.76. The Morgan fingerprint density at radius 1 is 1.28 bits per heavy atom. The first-order valence-corrected chi connectivity index (χ1v) is 8.62. The average molecular weight is 427 g/mol. The summed E-state index contributed by atoms with van der Waals surface area (Å²) in [6.45, 7) is 0.661. The Balaban J connectivity index is 1.60. The topological polar surface area (TPSA) is 64.7 Å². The van der Waals surface area contributed by atoms with E-state index in [1.165, 1.54) is 10.7 Å². The molecule has 2 heterocycles. The van der Waals surface area contributed by atoms with Gasteiger partial charge in [-0.25, -0.2) is 4.39 Å². The smallest absolute Gasteiger partial charge is 0.227 e. The van der Waals surface area contributed by atoms with Crippen molar-refractivity contribution >= 4 is 39.3 Å². The summed E-state index contributed by atoms with van der Waals surface area (Å²) < 4.78 is 17.7. The molecule has 0 bridgehead atoms. The summed E-state index contributed by atoms with van der Waals surface area (Å²) in [6, 6.07) is 6.43. The molecule has 0 saturated heterocycles. The third kappa shape index (κ3) is 4.67. The molecule has 3 aromatic rings. The summed E-state index contributed by atoms with van der Waals surface area (Å²) in [4.78, 5) is 12.0. The van der Waals surface area contributed by atoms with Crippen LogP contribution in [-0.2, 0) is 17.9 Å². The molecular weight excluding hydrogens is 413 g/mol. The molecule has 0 saturated carbocycles. The van der Waals surface area contributed by atoms with Crippen LogP contribution in [0.4, 0.5) is 10.2 Å². The van der Waals surface area contributed by atoms with Gasteiger partial charge in [0.05, 0.1) is 17.2 Å². The predicted octanol–water partition coefficient (Wildman–Crippen LogP) is 3.71. The molecule has 1 N–H and O–H groups in total. The highest BCUT2D eigenvalue weighted by atomic mass is 79.9. The van der Waals surface area contributed by atoms with Gasteiger partial charge in [0.25, 0.3) is 0 Å². The molecule has 130 valence electrons. The van der Waals surface area contributed by atoms with Crippen LogP contribution in [0.2, 0.25) is 5.02 Å². The molecule has 0 atom stereocenters. The van der Waals surface area contributed by atoms with Crippen molar-refractivity contribution in [3.8, 4) is 0 Å². The summed E-state index contributed by atoms with van der Waals surface area (Å²) in [5.74, 6) is -0.292. The summed E-state index contributed by atoms with van der Waals surface area (Å²) >= 11 is 9.40. The second-order valence-electron chi connectivity index (χ2n) is 5.33. The molecule has 25 heavy (non-hydrogen) atoms. The molecule has 2 aromatic heterocycles. The molecule has 9 heteroatoms. The number of hydrogen-bond acceptors (Lipinski definition) is 3. The Bertz CT molecular complexity index is 894. The predicted molar refractivity (Wildman–Crippen MR) is 95.9 cm³/mol. The first-order chi connectivity index (χ1) is 12.0. The van der Waals surface area contributed by atoms with Crippen LogP contribution in [0.25, 0.3) is 0 Å². The van der Waals surface area contributed by atoms with E-state index >= 15 is 0 Å². The second kappa shape index (κ2) is 7.79. The maximum absolute atomic E-state index is 13.7. The number of halogens is 3. The normalized spacial score (nSPS) is 10.8. The number of benzene rings is 1. The second-order valence-corrected chi connectivity index (χ2v) is 6.66. The standard InChI is InChI=1S/C16H14BrClFN5O/c17-12-7-20-23(9-12)6-5-15(25)21-16-13(18)10-24(22-16)8-11-3-1-2-4-14(11)19/h1-4,7,9-10H,5-6,8H2,(H,21,22,25). The van der Waals surface area contributed by atoms with Crippen molar-refractivity contribution in [2.45, 2.75) is 19.5 Å². The van der Waals surface area contributed by atoms with Crippen molar-refractivity contribution in [1.82, 2.24) is 19.6 Å². The number of rotatable bonds is 6. The average Bonchev–Trinajstić information content (AvgIpc) is 3.14. The lowest BCUT2D eigenvalue weighted by atomic mass is 10.2. The third-order valence-corrected chi connectivity index (χ3v) is 4.12. The number of carbonyl (C=O) groups excluding carboxylic acids is 1. The largest absolute Gasteiger partial charge is 0.308 e. The minimum atomic E-state index is -0.315. The number of carbonyl (C=O) groups is 1. The lowest BCUT2D eigenvalue weighted by Crippen LogP contribution is -2.15. The van der Waals surface area contributed by atoms with Crippen molar-refractivity contribution < 1.29 is 9.18 Å². The monoisotopic (exact) mass is 425 g/mol. The highest BCUT2D eigenvalue weighted by molar-refractivity contribution is 9.10. The fraction of sp³-hybridized carbons (Fsp3) is 0.188. The summed E-state index contributed by atoms with van der Waals surface area (Å²) in [5, 5.41) is 11.2. The lowest BCUT2D eigenvalue weighted by Gasteiger charge is -2.04. The van der Waals surface area contributed by atoms with Gasteiger partial charge in [-0.15, -0.1) is 0 Å². The SMILES string of the molecule is O=C(CCn1cc(Br)cn1)Nc1nn(Cc2ccccc2F)cc1Cl. The van der Waals surface area contributed by atoms with Crippen LogP contribution in [0.3, 0.4) is 0 Å². The highest BCUT2D eigenvalue weighted by Gasteiger charge is 2.12. The van der Waals surface area contributed by atoms with Crippen LogP contribution in [0, 0.1) is 5.82 Å². The van der Waals surface area contributed by atoms with Gasteiger partial charge in [-0.2, -0.15) is 10.2 Å². The first-order valence-electron chi connectivity index (χ1n) is 7.45. The van der Waals surface area contributed by atoms with E-state index in [0.29, 0.717) is 17.1 Å². The molecule has 1 amide bonds. The van der Waals surface area contributed by atoms with E-state index in [1.54, 1.807) is 41.5 Å². The molecule has 0 radical (unpaired) electrons. The molecule has 0 aliphatic heterocycles. The molecule has 0 unspecified atom stereocenters. The van der Waals surface area contributed by atoms with E-state index in [1.807, 2.05) is 0 Å². The van der Waals surface area contributed by atoms with Gasteiger partial charge in [-0.1, -0.05) is 29.8 Å². The van der Waals surface area contributed by atoms with E-state index in [0.717, 1.165) is 4.47 Å². The molecule has 1 aromatic carbocycles. The maximum Gasteiger partial charge on any atom is 0.227 e. The van der Waals surface area contributed by atoms with E-state index < -0.39 is 0 Å². The Kier molecular flexibility index (Phi) is 5.50. The number of aromatic nitrogens is 4. The van der Waals surface area contributed by atoms with Crippen LogP contribution in [0.15, 0.2) is 47.3 Å². The van der Waals surface area contributed by atoms with Crippen LogP contribution < -0.4 is 5.32 Å². The van der Waals surface area contributed by atoms with Gasteiger partial charge >= 0.3 is 0 Å². The number of nitrogens with zero attached hydrogens (tertiary/aromatic N) is 4. The highest BCUT2D eigenvalue weighted by Crippen LogP contribution is 2.20. The summed E-state index contributed by atoms with van der Waals surface area (Å²) in [5.41, 5.74) is 0.490. The van der Waals surface area contributed by atoms with E-state index in [2.05, 4.69) is 31.4 Å². The van der Waals surface area contributed by atoms with Crippen molar-refractivity contribution in [3.63, 3.8) is 0 Å². The van der Waals surface area contributed by atoms with E-state index in [4.69, 9.17) is 11.6 Å². The molecule has 0 spiro atoms. The zero-order valence-corrected chi connectivity index (χ0v) is 15.3. The number of hydrogen-bond donors (Lipinski definition) is 1. The van der Waals surface area contributed by atoms with E-state index in [9.17, 15) is 9.18 Å². The quantitative estimate of drug-likeness (QED) is 0.653. The van der Waals surface area contributed by atoms with Crippen LogP contribution in [0.1, 0.15) is 12.0 Å². The van der Waals surface area contributed by atoms with Gasteiger partial charge in [0.1, 0.15) is 10.8 Å². The molecule has 0 aliphatic rings. The summed E-state index contributed by atoms with van der Waals surface area (Å²) in [7, 11) is 0. The van der Waals surface area contributed by atoms with Gasteiger partial charge in [0.2, 0.25) is 5.91 Å². The van der Waals surface area contributed by atoms with Crippen molar-refractivity contribution in [2.75, 3.05) is 5.32 Å². The molecule has 0 fully saturated rings. The van der Waals surface area contributed by atoms with Gasteiger partial charge in [0.15, 0.2) is 5.82 Å². The molecule has 3 rings (SSSR count). The Morgan fingerprint density at radius 2 is 2.08 bits per heavy atom. The van der Waals surface area contributed by atoms with Gasteiger partial charge < -0.3 is 5.32 Å². The molecular formula is C16H14BrClFN5O. The number of nitrogens with one attached hydrogen (secondary N) is 1.